The van der Waals surface area contributed by atoms with E-state index in [0.29, 0.717) is 12.1 Å². The number of nitro groups is 1. The Morgan fingerprint density at radius 1 is 1.21 bits per heavy atom. The monoisotopic (exact) mass is 303 g/mol. The lowest BCUT2D eigenvalue weighted by Crippen LogP contribution is -2.37. The highest BCUT2D eigenvalue weighted by Crippen LogP contribution is 2.63. The van der Waals surface area contributed by atoms with Crippen molar-refractivity contribution in [2.45, 2.75) is 11.6 Å². The van der Waals surface area contributed by atoms with E-state index in [0.717, 1.165) is 6.07 Å². The SMILES string of the molecule is O=[N+]([O-])c1cccc(C(F)(F)C(F)(F)P(=O)(O)O)c1. The fourth-order valence-corrected chi connectivity index (χ4v) is 1.67. The van der Waals surface area contributed by atoms with Gasteiger partial charge < -0.3 is 9.79 Å². The van der Waals surface area contributed by atoms with Gasteiger partial charge >= 0.3 is 19.2 Å². The average molecular weight is 303 g/mol. The van der Waals surface area contributed by atoms with Gasteiger partial charge in [0.25, 0.3) is 5.69 Å². The van der Waals surface area contributed by atoms with Crippen LogP contribution >= 0.6 is 7.60 Å². The number of hydrogen-bond acceptors (Lipinski definition) is 3. The number of halogens is 4. The Labute approximate surface area is 103 Å². The minimum absolute atomic E-state index is 0.129. The molecule has 0 atom stereocenters. The smallest absolute Gasteiger partial charge is 0.320 e. The van der Waals surface area contributed by atoms with E-state index in [4.69, 9.17) is 9.79 Å². The predicted molar refractivity (Wildman–Crippen MR) is 54.0 cm³/mol. The fraction of sp³-hybridized carbons (Fsp3) is 0.250. The van der Waals surface area contributed by atoms with Crippen molar-refractivity contribution >= 4 is 13.3 Å². The fourth-order valence-electron chi connectivity index (χ4n) is 1.17. The second-order valence-electron chi connectivity index (χ2n) is 3.47. The van der Waals surface area contributed by atoms with Gasteiger partial charge in [-0.1, -0.05) is 12.1 Å². The van der Waals surface area contributed by atoms with Crippen LogP contribution in [0.1, 0.15) is 5.56 Å². The van der Waals surface area contributed by atoms with E-state index in [-0.39, 0.29) is 6.07 Å². The van der Waals surface area contributed by atoms with E-state index >= 15 is 0 Å². The van der Waals surface area contributed by atoms with E-state index in [1.54, 1.807) is 0 Å². The summed E-state index contributed by atoms with van der Waals surface area (Å²) in [4.78, 5) is 25.8. The quantitative estimate of drug-likeness (QED) is 0.385. The van der Waals surface area contributed by atoms with Gasteiger partial charge in [0.05, 0.1) is 4.92 Å². The number of nitrogens with zero attached hydrogens (tertiary/aromatic N) is 1. The highest BCUT2D eigenvalue weighted by atomic mass is 31.2. The molecule has 0 amide bonds. The molecule has 0 bridgehead atoms. The summed E-state index contributed by atoms with van der Waals surface area (Å²) in [6.45, 7) is 0. The van der Waals surface area contributed by atoms with Crippen LogP contribution in [0.5, 0.6) is 0 Å². The van der Waals surface area contributed by atoms with Crippen molar-refractivity contribution in [2.75, 3.05) is 0 Å². The molecule has 0 radical (unpaired) electrons. The first kappa shape index (κ1) is 15.5. The van der Waals surface area contributed by atoms with Crippen LogP contribution < -0.4 is 0 Å². The molecule has 0 saturated heterocycles. The molecule has 1 aromatic carbocycles. The largest absolute Gasteiger partial charge is 0.411 e. The van der Waals surface area contributed by atoms with Crippen molar-refractivity contribution in [3.8, 4) is 0 Å². The number of alkyl halides is 4. The van der Waals surface area contributed by atoms with E-state index in [9.17, 15) is 32.2 Å². The Balaban J connectivity index is 3.39. The molecule has 1 aromatic rings. The molecule has 0 aliphatic heterocycles. The second-order valence-corrected chi connectivity index (χ2v) is 5.12. The molecule has 0 spiro atoms. The van der Waals surface area contributed by atoms with Crippen molar-refractivity contribution in [1.29, 1.82) is 0 Å². The molecule has 2 N–H and O–H groups in total. The van der Waals surface area contributed by atoms with Crippen molar-refractivity contribution in [2.24, 2.45) is 0 Å². The highest BCUT2D eigenvalue weighted by Gasteiger charge is 2.68. The van der Waals surface area contributed by atoms with E-state index in [1.807, 2.05) is 0 Å². The first-order chi connectivity index (χ1) is 8.41. The second kappa shape index (κ2) is 4.55. The molecule has 0 aromatic heterocycles. The maximum absolute atomic E-state index is 13.4. The van der Waals surface area contributed by atoms with Gasteiger partial charge in [-0.3, -0.25) is 14.7 Å². The van der Waals surface area contributed by atoms with Gasteiger partial charge in [-0.15, -0.1) is 0 Å². The normalized spacial score (nSPS) is 13.4. The van der Waals surface area contributed by atoms with Gasteiger partial charge in [0.1, 0.15) is 0 Å². The van der Waals surface area contributed by atoms with E-state index in [2.05, 4.69) is 0 Å². The average Bonchev–Trinajstić information content (AvgIpc) is 2.27. The molecule has 106 valence electrons. The minimum Gasteiger partial charge on any atom is -0.320 e. The summed E-state index contributed by atoms with van der Waals surface area (Å²) < 4.78 is 63.3. The Bertz CT molecular complexity index is 558. The lowest BCUT2D eigenvalue weighted by molar-refractivity contribution is -0.385. The summed E-state index contributed by atoms with van der Waals surface area (Å²) >= 11 is 0. The van der Waals surface area contributed by atoms with Gasteiger partial charge in [-0.2, -0.15) is 17.6 Å². The molecule has 0 aliphatic rings. The lowest BCUT2D eigenvalue weighted by Gasteiger charge is -2.26. The van der Waals surface area contributed by atoms with Crippen LogP contribution in [0.4, 0.5) is 23.2 Å². The van der Waals surface area contributed by atoms with E-state index in [1.165, 1.54) is 0 Å². The van der Waals surface area contributed by atoms with Gasteiger partial charge in [0.2, 0.25) is 0 Å². The summed E-state index contributed by atoms with van der Waals surface area (Å²) in [5.41, 5.74) is -8.14. The summed E-state index contributed by atoms with van der Waals surface area (Å²) in [7, 11) is -6.45. The minimum atomic E-state index is -6.45. The maximum Gasteiger partial charge on any atom is 0.411 e. The number of non-ortho nitro benzene ring substituents is 1. The number of nitro benzene ring substituents is 1. The predicted octanol–water partition coefficient (Wildman–Crippen LogP) is 2.46. The number of rotatable bonds is 4. The van der Waals surface area contributed by atoms with Gasteiger partial charge in [-0.25, -0.2) is 0 Å². The number of hydrogen-bond donors (Lipinski definition) is 2. The summed E-state index contributed by atoms with van der Waals surface area (Å²) in [5.74, 6) is -5.25. The summed E-state index contributed by atoms with van der Waals surface area (Å²) in [6.07, 6.45) is 0. The molecular weight excluding hydrogens is 297 g/mol. The molecule has 1 rings (SSSR count). The zero-order valence-corrected chi connectivity index (χ0v) is 9.73. The van der Waals surface area contributed by atoms with Crippen LogP contribution in [0.3, 0.4) is 0 Å². The Kier molecular flexibility index (Phi) is 3.72. The van der Waals surface area contributed by atoms with Crippen LogP contribution in [0.2, 0.25) is 0 Å². The third-order valence-corrected chi connectivity index (χ3v) is 3.18. The Hall–Kier alpha value is -1.51. The molecule has 0 unspecified atom stereocenters. The van der Waals surface area contributed by atoms with Crippen molar-refractivity contribution in [3.05, 3.63) is 39.9 Å². The first-order valence-electron chi connectivity index (χ1n) is 4.47. The highest BCUT2D eigenvalue weighted by molar-refractivity contribution is 7.53. The molecule has 6 nitrogen and oxygen atoms in total. The molecule has 11 heteroatoms. The molecule has 0 fully saturated rings. The topological polar surface area (TPSA) is 101 Å². The lowest BCUT2D eigenvalue weighted by atomic mass is 10.1. The third kappa shape index (κ3) is 2.60. The molecule has 0 aliphatic carbocycles. The van der Waals surface area contributed by atoms with Crippen molar-refractivity contribution < 1.29 is 36.8 Å². The van der Waals surface area contributed by atoms with Crippen LogP contribution in [0, 0.1) is 10.1 Å². The molecular formula is C8H6F4NO5P. The first-order valence-corrected chi connectivity index (χ1v) is 6.08. The van der Waals surface area contributed by atoms with Crippen molar-refractivity contribution in [3.63, 3.8) is 0 Å². The van der Waals surface area contributed by atoms with E-state index < -0.39 is 35.4 Å². The molecule has 0 saturated carbocycles. The van der Waals surface area contributed by atoms with Gasteiger partial charge in [0, 0.05) is 17.7 Å². The summed E-state index contributed by atoms with van der Waals surface area (Å²) in [6, 6.07) is 2.02. The Morgan fingerprint density at radius 3 is 2.16 bits per heavy atom. The zero-order chi connectivity index (χ0) is 15.1. The van der Waals surface area contributed by atoms with Crippen molar-refractivity contribution in [1.82, 2.24) is 0 Å². The molecule has 19 heavy (non-hydrogen) atoms. The van der Waals surface area contributed by atoms with Crippen LogP contribution in [-0.2, 0) is 10.5 Å². The standard InChI is InChI=1S/C8H6F4NO5P/c9-7(10,8(11,12)19(16,17)18)5-2-1-3-6(4-5)13(14)15/h1-4H,(H2,16,17,18). The van der Waals surface area contributed by atoms with Crippen LogP contribution in [0.25, 0.3) is 0 Å². The third-order valence-electron chi connectivity index (χ3n) is 2.16. The van der Waals surface area contributed by atoms with Crippen LogP contribution in [0.15, 0.2) is 24.3 Å². The maximum atomic E-state index is 13.4. The number of benzene rings is 1. The van der Waals surface area contributed by atoms with Gasteiger partial charge in [0.15, 0.2) is 0 Å². The van der Waals surface area contributed by atoms with Gasteiger partial charge in [-0.05, 0) is 0 Å². The summed E-state index contributed by atoms with van der Waals surface area (Å²) in [5, 5.41) is 10.3. The zero-order valence-electron chi connectivity index (χ0n) is 8.83. The molecule has 0 heterocycles. The van der Waals surface area contributed by atoms with Crippen LogP contribution in [-0.4, -0.2) is 20.4 Å². The Morgan fingerprint density at radius 2 is 1.74 bits per heavy atom.